The predicted molar refractivity (Wildman–Crippen MR) is 97.8 cm³/mol. The minimum atomic E-state index is -3.13. The summed E-state index contributed by atoms with van der Waals surface area (Å²) in [6.07, 6.45) is 0. The van der Waals surface area contributed by atoms with Crippen molar-refractivity contribution in [1.29, 1.82) is 0 Å². The summed E-state index contributed by atoms with van der Waals surface area (Å²) >= 11 is 0. The van der Waals surface area contributed by atoms with Crippen LogP contribution in [0.15, 0.2) is 72.8 Å². The zero-order chi connectivity index (χ0) is 17.0. The maximum absolute atomic E-state index is 14.3. The summed E-state index contributed by atoms with van der Waals surface area (Å²) < 4.78 is 25.1. The zero-order valence-electron chi connectivity index (χ0n) is 14.6. The van der Waals surface area contributed by atoms with Gasteiger partial charge in [-0.25, -0.2) is 0 Å². The number of hydrogen-bond donors (Lipinski definition) is 0. The molecular formula is C20H18LiO3P. The number of hydrogen-bond acceptors (Lipinski definition) is 3. The molecule has 0 spiro atoms. The third kappa shape index (κ3) is 3.70. The van der Waals surface area contributed by atoms with Gasteiger partial charge >= 0.3 is 18.9 Å². The van der Waals surface area contributed by atoms with Crippen LogP contribution in [0.25, 0.3) is 0 Å². The molecule has 0 saturated carbocycles. The summed E-state index contributed by atoms with van der Waals surface area (Å²) in [5.41, 5.74) is 0. The van der Waals surface area contributed by atoms with Gasteiger partial charge in [0, 0.05) is 22.1 Å². The summed E-state index contributed by atoms with van der Waals surface area (Å²) in [6.45, 7) is 0. The first-order chi connectivity index (χ1) is 11.7. The van der Waals surface area contributed by atoms with Crippen LogP contribution in [0.5, 0.6) is 11.5 Å². The second kappa shape index (κ2) is 8.45. The van der Waals surface area contributed by atoms with Crippen molar-refractivity contribution in [1.82, 2.24) is 0 Å². The van der Waals surface area contributed by atoms with Crippen LogP contribution < -0.4 is 44.2 Å². The van der Waals surface area contributed by atoms with Gasteiger partial charge in [-0.3, -0.25) is 0 Å². The maximum Gasteiger partial charge on any atom is 1.00 e. The minimum Gasteiger partial charge on any atom is -0.553 e. The van der Waals surface area contributed by atoms with Crippen LogP contribution in [0.2, 0.25) is 0 Å². The summed E-state index contributed by atoms with van der Waals surface area (Å²) in [6, 6.07) is 25.5. The third-order valence-corrected chi connectivity index (χ3v) is 6.87. The first-order valence-electron chi connectivity index (χ1n) is 7.56. The second-order valence-electron chi connectivity index (χ2n) is 5.22. The summed E-state index contributed by atoms with van der Waals surface area (Å²) in [7, 11) is 0.00518. The van der Waals surface area contributed by atoms with Crippen LogP contribution in [0.3, 0.4) is 0 Å². The van der Waals surface area contributed by atoms with Crippen molar-refractivity contribution >= 4 is 23.1 Å². The summed E-state index contributed by atoms with van der Waals surface area (Å²) in [4.78, 5) is 0. The fourth-order valence-electron chi connectivity index (χ4n) is 2.65. The number of rotatable bonds is 5. The zero-order valence-corrected chi connectivity index (χ0v) is 15.5. The smallest absolute Gasteiger partial charge is 0.553 e. The van der Waals surface area contributed by atoms with Crippen LogP contribution in [-0.2, 0) is 4.57 Å². The molecule has 0 unspecified atom stereocenters. The standard InChI is InChI=1S/C20H18O3P.Li/c1-22-16-13-14-19(23-2)20(15-16)24(21,17-9-5-3-6-10-17)18-11-7-4-8-12-18;/h3-14H,1-2H3;/q-1;+1. The largest absolute Gasteiger partial charge is 1.00 e. The Labute approximate surface area is 160 Å². The molecule has 0 aliphatic rings. The van der Waals surface area contributed by atoms with Crippen LogP contribution in [0.1, 0.15) is 0 Å². The molecule has 0 heterocycles. The van der Waals surface area contributed by atoms with Gasteiger partial charge in [-0.2, -0.15) is 0 Å². The van der Waals surface area contributed by atoms with E-state index in [9.17, 15) is 4.57 Å². The van der Waals surface area contributed by atoms with E-state index >= 15 is 0 Å². The van der Waals surface area contributed by atoms with E-state index in [2.05, 4.69) is 6.07 Å². The quantitative estimate of drug-likeness (QED) is 0.376. The Kier molecular flexibility index (Phi) is 6.56. The van der Waals surface area contributed by atoms with Crippen molar-refractivity contribution in [2.45, 2.75) is 0 Å². The molecular weight excluding hydrogens is 326 g/mol. The van der Waals surface area contributed by atoms with E-state index < -0.39 is 7.14 Å². The van der Waals surface area contributed by atoms with Crippen molar-refractivity contribution in [3.63, 3.8) is 0 Å². The Morgan fingerprint density at radius 2 is 1.28 bits per heavy atom. The van der Waals surface area contributed by atoms with Crippen molar-refractivity contribution in [2.75, 3.05) is 14.2 Å². The average molecular weight is 344 g/mol. The fourth-order valence-corrected chi connectivity index (χ4v) is 5.39. The Hall–Kier alpha value is -1.91. The molecule has 0 radical (unpaired) electrons. The number of benzene rings is 3. The Morgan fingerprint density at radius 3 is 1.72 bits per heavy atom. The van der Waals surface area contributed by atoms with Crippen molar-refractivity contribution in [3.8, 4) is 11.5 Å². The molecule has 0 bridgehead atoms. The Bertz CT molecular complexity index is 823. The SMILES string of the molecule is COc1[c-]c(P(=O)(c2ccccc2)c2ccccc2)c(OC)cc1.[Li+]. The second-order valence-corrected chi connectivity index (χ2v) is 7.92. The van der Waals surface area contributed by atoms with E-state index in [0.717, 1.165) is 10.6 Å². The van der Waals surface area contributed by atoms with E-state index in [0.29, 0.717) is 16.8 Å². The van der Waals surface area contributed by atoms with Gasteiger partial charge in [-0.05, 0) is 5.30 Å². The minimum absolute atomic E-state index is 0. The molecule has 3 aromatic carbocycles. The Morgan fingerprint density at radius 1 is 0.760 bits per heavy atom. The maximum atomic E-state index is 14.3. The predicted octanol–water partition coefficient (Wildman–Crippen LogP) is 0.147. The topological polar surface area (TPSA) is 35.5 Å². The van der Waals surface area contributed by atoms with Crippen molar-refractivity contribution in [2.24, 2.45) is 0 Å². The molecule has 0 fully saturated rings. The number of methoxy groups -OCH3 is 2. The summed E-state index contributed by atoms with van der Waals surface area (Å²) in [5, 5.41) is 1.99. The average Bonchev–Trinajstić information content (AvgIpc) is 2.68. The summed E-state index contributed by atoms with van der Waals surface area (Å²) in [5.74, 6) is 1.06. The molecule has 25 heavy (non-hydrogen) atoms. The van der Waals surface area contributed by atoms with Gasteiger partial charge in [0.25, 0.3) is 0 Å². The first kappa shape index (κ1) is 19.4. The van der Waals surface area contributed by atoms with Crippen molar-refractivity contribution < 1.29 is 32.9 Å². The molecule has 3 aromatic rings. The van der Waals surface area contributed by atoms with E-state index in [4.69, 9.17) is 9.47 Å². The molecule has 0 N–H and O–H groups in total. The Balaban J connectivity index is 0.00000225. The monoisotopic (exact) mass is 344 g/mol. The molecule has 0 atom stereocenters. The molecule has 0 aromatic heterocycles. The molecule has 0 aliphatic heterocycles. The van der Waals surface area contributed by atoms with Gasteiger partial charge < -0.3 is 14.0 Å². The molecule has 0 saturated heterocycles. The van der Waals surface area contributed by atoms with E-state index in [1.165, 1.54) is 0 Å². The van der Waals surface area contributed by atoms with Gasteiger partial charge in [0.05, 0.1) is 14.2 Å². The molecule has 3 rings (SSSR count). The van der Waals surface area contributed by atoms with E-state index in [1.54, 1.807) is 26.4 Å². The van der Waals surface area contributed by atoms with Crippen LogP contribution in [-0.4, -0.2) is 14.2 Å². The van der Waals surface area contributed by atoms with Gasteiger partial charge in [0.15, 0.2) is 7.14 Å². The van der Waals surface area contributed by atoms with Crippen molar-refractivity contribution in [3.05, 3.63) is 78.9 Å². The van der Waals surface area contributed by atoms with Crippen LogP contribution in [0.4, 0.5) is 0 Å². The first-order valence-corrected chi connectivity index (χ1v) is 9.27. The molecule has 3 nitrogen and oxygen atoms in total. The fraction of sp³-hybridized carbons (Fsp3) is 0.100. The normalized spacial score (nSPS) is 10.6. The third-order valence-electron chi connectivity index (χ3n) is 3.86. The molecule has 0 amide bonds. The van der Waals surface area contributed by atoms with Gasteiger partial charge in [-0.1, -0.05) is 60.7 Å². The van der Waals surface area contributed by atoms with E-state index in [-0.39, 0.29) is 18.9 Å². The van der Waals surface area contributed by atoms with Gasteiger partial charge in [0.1, 0.15) is 0 Å². The van der Waals surface area contributed by atoms with Crippen LogP contribution in [0, 0.1) is 6.07 Å². The van der Waals surface area contributed by atoms with Gasteiger partial charge in [0.2, 0.25) is 0 Å². The number of ether oxygens (including phenoxy) is 2. The molecule has 0 aliphatic carbocycles. The molecule has 122 valence electrons. The van der Waals surface area contributed by atoms with Crippen LogP contribution >= 0.6 is 7.14 Å². The molecule has 5 heteroatoms. The van der Waals surface area contributed by atoms with Gasteiger partial charge in [-0.15, -0.1) is 18.2 Å². The van der Waals surface area contributed by atoms with E-state index in [1.807, 2.05) is 60.7 Å².